The van der Waals surface area contributed by atoms with E-state index in [4.69, 9.17) is 9.97 Å². The van der Waals surface area contributed by atoms with Gasteiger partial charge in [0.15, 0.2) is 5.82 Å². The van der Waals surface area contributed by atoms with Gasteiger partial charge in [-0.3, -0.25) is 4.79 Å². The zero-order valence-electron chi connectivity index (χ0n) is 19.8. The quantitative estimate of drug-likeness (QED) is 0.565. The molecular weight excluding hydrogens is 426 g/mol. The molecule has 2 N–H and O–H groups in total. The minimum atomic E-state index is 0. The lowest BCUT2D eigenvalue weighted by Crippen LogP contribution is -2.39. The molecule has 1 atom stereocenters. The summed E-state index contributed by atoms with van der Waals surface area (Å²) in [4.78, 5) is 26.9. The number of hydrogen-bond acceptors (Lipinski definition) is 6. The lowest BCUT2D eigenvalue weighted by molar-refractivity contribution is -0.122. The number of aromatic nitrogens is 2. The van der Waals surface area contributed by atoms with Crippen LogP contribution in [0, 0.1) is 6.92 Å². The van der Waals surface area contributed by atoms with Crippen LogP contribution in [0.4, 0.5) is 5.82 Å². The molecule has 0 radical (unpaired) electrons. The maximum absolute atomic E-state index is 12.6. The third-order valence-corrected chi connectivity index (χ3v) is 6.93. The number of carbonyl (C=O) groups excluding carboxylic acids is 1. The first-order chi connectivity index (χ1) is 16.6. The van der Waals surface area contributed by atoms with Crippen LogP contribution in [-0.4, -0.2) is 64.6 Å². The molecule has 2 aromatic carbocycles. The summed E-state index contributed by atoms with van der Waals surface area (Å²) in [7, 11) is 0. The van der Waals surface area contributed by atoms with E-state index in [2.05, 4.69) is 33.3 Å². The molecule has 1 amide bonds. The van der Waals surface area contributed by atoms with Crippen molar-refractivity contribution in [2.45, 2.75) is 45.1 Å². The first kappa shape index (κ1) is 22.6. The van der Waals surface area contributed by atoms with Crippen molar-refractivity contribution in [2.24, 2.45) is 0 Å². The highest BCUT2D eigenvalue weighted by molar-refractivity contribution is 5.92. The molecule has 0 aliphatic carbocycles. The van der Waals surface area contributed by atoms with Gasteiger partial charge in [-0.25, -0.2) is 9.97 Å². The van der Waals surface area contributed by atoms with Crippen molar-refractivity contribution in [1.29, 1.82) is 0 Å². The number of rotatable bonds is 6. The van der Waals surface area contributed by atoms with Crippen molar-refractivity contribution in [3.8, 4) is 17.1 Å². The number of phenols is 1. The van der Waals surface area contributed by atoms with Crippen LogP contribution >= 0.6 is 0 Å². The third kappa shape index (κ3) is 4.99. The second-order valence-electron chi connectivity index (χ2n) is 9.56. The van der Waals surface area contributed by atoms with Gasteiger partial charge >= 0.3 is 0 Å². The highest BCUT2D eigenvalue weighted by Gasteiger charge is 2.27. The fourth-order valence-corrected chi connectivity index (χ4v) is 5.06. The van der Waals surface area contributed by atoms with Gasteiger partial charge in [0.2, 0.25) is 5.91 Å². The average Bonchev–Trinajstić information content (AvgIpc) is 3.31. The van der Waals surface area contributed by atoms with Crippen LogP contribution in [0.15, 0.2) is 42.5 Å². The highest BCUT2D eigenvalue weighted by Crippen LogP contribution is 2.33. The van der Waals surface area contributed by atoms with Gasteiger partial charge in [-0.15, -0.1) is 0 Å². The topological polar surface area (TPSA) is 81.6 Å². The molecule has 34 heavy (non-hydrogen) atoms. The van der Waals surface area contributed by atoms with Gasteiger partial charge in [-0.1, -0.05) is 24.6 Å². The number of likely N-dealkylation sites (tertiary alicyclic amines) is 1. The Balaban J connectivity index is 0.00000180. The molecule has 0 unspecified atom stereocenters. The van der Waals surface area contributed by atoms with Crippen LogP contribution in [0.1, 0.15) is 40.5 Å². The third-order valence-electron chi connectivity index (χ3n) is 6.93. The minimum Gasteiger partial charge on any atom is -0.507 e. The molecule has 2 saturated heterocycles. The van der Waals surface area contributed by atoms with Crippen LogP contribution in [0.5, 0.6) is 5.75 Å². The molecule has 1 aromatic heterocycles. The number of anilines is 1. The van der Waals surface area contributed by atoms with Crippen LogP contribution in [0.2, 0.25) is 0 Å². The highest BCUT2D eigenvalue weighted by atomic mass is 16.3. The second-order valence-corrected chi connectivity index (χ2v) is 9.56. The lowest BCUT2D eigenvalue weighted by Gasteiger charge is -2.26. The van der Waals surface area contributed by atoms with E-state index < -0.39 is 0 Å². The Labute approximate surface area is 203 Å². The summed E-state index contributed by atoms with van der Waals surface area (Å²) in [5.41, 5.74) is 2.60. The van der Waals surface area contributed by atoms with E-state index in [9.17, 15) is 9.90 Å². The SMILES string of the molecule is Cc1ccc2c(N3CC[C@@H](NC(=O)CCN4CCCCC4)C3)nc(-c3ccccc3O)nc2c1.[HH].[HH]. The molecule has 2 fully saturated rings. The van der Waals surface area contributed by atoms with Crippen molar-refractivity contribution in [1.82, 2.24) is 20.2 Å². The molecule has 0 bridgehead atoms. The molecule has 0 spiro atoms. The number of aromatic hydroxyl groups is 1. The molecule has 7 nitrogen and oxygen atoms in total. The number of aryl methyl sites for hydroxylation is 1. The van der Waals surface area contributed by atoms with Crippen molar-refractivity contribution in [2.75, 3.05) is 37.6 Å². The van der Waals surface area contributed by atoms with Gasteiger partial charge in [0, 0.05) is 40.3 Å². The second kappa shape index (κ2) is 9.97. The van der Waals surface area contributed by atoms with Crippen molar-refractivity contribution in [3.63, 3.8) is 0 Å². The molecule has 182 valence electrons. The van der Waals surface area contributed by atoms with Gasteiger partial charge in [0.05, 0.1) is 11.1 Å². The summed E-state index contributed by atoms with van der Waals surface area (Å²) in [5.74, 6) is 1.67. The predicted octanol–water partition coefficient (Wildman–Crippen LogP) is 4.37. The molecular formula is C27H37N5O2. The molecule has 5 rings (SSSR count). The van der Waals surface area contributed by atoms with Crippen molar-refractivity contribution >= 4 is 22.6 Å². The number of amides is 1. The van der Waals surface area contributed by atoms with E-state index in [1.807, 2.05) is 19.1 Å². The number of piperidine rings is 1. The van der Waals surface area contributed by atoms with Crippen molar-refractivity contribution < 1.29 is 12.8 Å². The number of benzene rings is 2. The number of carbonyl (C=O) groups is 1. The Morgan fingerprint density at radius 1 is 1.12 bits per heavy atom. The van der Waals surface area contributed by atoms with Crippen LogP contribution in [0.3, 0.4) is 0 Å². The van der Waals surface area contributed by atoms with E-state index in [-0.39, 0.29) is 20.6 Å². The Morgan fingerprint density at radius 2 is 1.94 bits per heavy atom. The van der Waals surface area contributed by atoms with E-state index in [1.165, 1.54) is 19.3 Å². The molecule has 2 aliphatic heterocycles. The fraction of sp³-hybridized carbons (Fsp3) is 0.444. The van der Waals surface area contributed by atoms with E-state index in [0.29, 0.717) is 17.8 Å². The standard InChI is InChI=1S/C27H33N5O2.2H2/c1-19-9-10-21-23(17-19)29-26(22-7-3-4-8-24(22)33)30-27(21)32-16-11-20(18-32)28-25(34)12-15-31-13-5-2-6-14-31;;/h3-4,7-10,17,20,33H,2,5-6,11-16,18H2,1H3,(H,28,34);2*1H/t20-;;/m1../s1. The monoisotopic (exact) mass is 463 g/mol. The fourth-order valence-electron chi connectivity index (χ4n) is 5.06. The maximum atomic E-state index is 12.6. The first-order valence-electron chi connectivity index (χ1n) is 12.4. The summed E-state index contributed by atoms with van der Waals surface area (Å²) in [6.07, 6.45) is 5.24. The number of phenolic OH excluding ortho intramolecular Hbond substituents is 1. The summed E-state index contributed by atoms with van der Waals surface area (Å²) in [6, 6.07) is 13.5. The Hall–Kier alpha value is -3.19. The molecule has 7 heteroatoms. The van der Waals surface area contributed by atoms with Crippen LogP contribution < -0.4 is 10.2 Å². The minimum absolute atomic E-state index is 0. The Kier molecular flexibility index (Phi) is 6.63. The number of fused-ring (bicyclic) bond motifs is 1. The molecule has 3 aromatic rings. The van der Waals surface area contributed by atoms with E-state index in [1.54, 1.807) is 12.1 Å². The largest absolute Gasteiger partial charge is 0.507 e. The molecule has 0 saturated carbocycles. The van der Waals surface area contributed by atoms with Gasteiger partial charge in [-0.2, -0.15) is 0 Å². The average molecular weight is 464 g/mol. The first-order valence-corrected chi connectivity index (χ1v) is 12.4. The van der Waals surface area contributed by atoms with E-state index >= 15 is 0 Å². The smallest absolute Gasteiger partial charge is 0.221 e. The van der Waals surface area contributed by atoms with Crippen LogP contribution in [-0.2, 0) is 4.79 Å². The number of nitrogens with one attached hydrogen (secondary N) is 1. The number of nitrogens with zero attached hydrogens (tertiary/aromatic N) is 4. The Bertz CT molecular complexity index is 1190. The van der Waals surface area contributed by atoms with Gasteiger partial charge in [-0.05, 0) is 69.1 Å². The van der Waals surface area contributed by atoms with Gasteiger partial charge in [0.25, 0.3) is 0 Å². The lowest BCUT2D eigenvalue weighted by atomic mass is 10.1. The zero-order chi connectivity index (χ0) is 23.5. The van der Waals surface area contributed by atoms with E-state index in [0.717, 1.165) is 61.4 Å². The van der Waals surface area contributed by atoms with Crippen molar-refractivity contribution in [3.05, 3.63) is 48.0 Å². The zero-order valence-corrected chi connectivity index (χ0v) is 19.8. The molecule has 2 aliphatic rings. The van der Waals surface area contributed by atoms with Gasteiger partial charge < -0.3 is 20.2 Å². The normalized spacial score (nSPS) is 19.0. The van der Waals surface area contributed by atoms with Gasteiger partial charge in [0.1, 0.15) is 11.6 Å². The number of hydrogen-bond donors (Lipinski definition) is 2. The number of para-hydroxylation sites is 1. The summed E-state index contributed by atoms with van der Waals surface area (Å²) >= 11 is 0. The Morgan fingerprint density at radius 3 is 2.76 bits per heavy atom. The summed E-state index contributed by atoms with van der Waals surface area (Å²) in [5, 5.41) is 14.6. The predicted molar refractivity (Wildman–Crippen MR) is 139 cm³/mol. The summed E-state index contributed by atoms with van der Waals surface area (Å²) in [6.45, 7) is 6.66. The summed E-state index contributed by atoms with van der Waals surface area (Å²) < 4.78 is 0. The van der Waals surface area contributed by atoms with Crippen LogP contribution in [0.25, 0.3) is 22.3 Å². The maximum Gasteiger partial charge on any atom is 0.221 e. The molecule has 3 heterocycles.